The molecule has 12 N–H and O–H groups in total. The van der Waals surface area contributed by atoms with E-state index in [-0.39, 0.29) is 19.4 Å². The number of nitrogens with zero attached hydrogens (tertiary/aromatic N) is 1. The van der Waals surface area contributed by atoms with Crippen molar-refractivity contribution in [1.29, 1.82) is 0 Å². The highest BCUT2D eigenvalue weighted by atomic mass is 16.4. The van der Waals surface area contributed by atoms with Crippen molar-refractivity contribution in [3.63, 3.8) is 0 Å². The summed E-state index contributed by atoms with van der Waals surface area (Å²) in [4.78, 5) is 79.3. The maximum Gasteiger partial charge on any atom is 0.490 e. The van der Waals surface area contributed by atoms with Crippen LogP contribution in [0.2, 0.25) is 0 Å². The Kier molecular flexibility index (Phi) is 17.6. The summed E-state index contributed by atoms with van der Waals surface area (Å²) in [5, 5.41) is 28.4. The summed E-state index contributed by atoms with van der Waals surface area (Å²) in [7, 11) is -2.08. The third kappa shape index (κ3) is 13.2. The van der Waals surface area contributed by atoms with Gasteiger partial charge in [-0.25, -0.2) is 0 Å². The number of likely N-dealkylation sites (tertiary alicyclic amines) is 1. The molecule has 0 aliphatic carbocycles. The van der Waals surface area contributed by atoms with Gasteiger partial charge >= 0.3 is 7.12 Å². The number of carbonyl (C=O) groups is 6. The first kappa shape index (κ1) is 43.6. The van der Waals surface area contributed by atoms with Crippen LogP contribution in [0.25, 0.3) is 11.1 Å². The number of hydrogen-bond donors (Lipinski definition) is 9. The van der Waals surface area contributed by atoms with Crippen molar-refractivity contribution in [2.75, 3.05) is 13.1 Å². The Hall–Kier alpha value is -4.84. The SMILES string of the molecule is CCCCc1ccc(-c2ccc(C(=O)N[C@@H](CCCCN)C(=O)N3CCC[C@H]3C(=O)N[C@@H](C)C(=O)N[C@@H](CCC(N)=O)C(=O)N[C@@H](N)B(O)O)cc2)cc1. The number of amides is 6. The van der Waals surface area contributed by atoms with Gasteiger partial charge in [-0.15, -0.1) is 0 Å². The van der Waals surface area contributed by atoms with Crippen molar-refractivity contribution in [2.45, 2.75) is 108 Å². The molecule has 1 aliphatic heterocycles. The average molecular weight is 751 g/mol. The highest BCUT2D eigenvalue weighted by molar-refractivity contribution is 6.43. The summed E-state index contributed by atoms with van der Waals surface area (Å²) in [5.74, 6) is -3.90. The molecule has 16 nitrogen and oxygen atoms in total. The monoisotopic (exact) mass is 750 g/mol. The predicted molar refractivity (Wildman–Crippen MR) is 204 cm³/mol. The molecule has 3 rings (SSSR count). The largest absolute Gasteiger partial charge is 0.490 e. The van der Waals surface area contributed by atoms with Crippen molar-refractivity contribution < 1.29 is 38.8 Å². The van der Waals surface area contributed by atoms with Crippen LogP contribution in [0.1, 0.15) is 87.6 Å². The zero-order chi connectivity index (χ0) is 39.8. The fourth-order valence-corrected chi connectivity index (χ4v) is 6.12. The summed E-state index contributed by atoms with van der Waals surface area (Å²) < 4.78 is 0. The first-order chi connectivity index (χ1) is 25.7. The lowest BCUT2D eigenvalue weighted by Crippen LogP contribution is -2.60. The van der Waals surface area contributed by atoms with E-state index in [2.05, 4.69) is 52.5 Å². The van der Waals surface area contributed by atoms with Gasteiger partial charge < -0.3 is 53.4 Å². The number of benzene rings is 2. The molecule has 1 fully saturated rings. The zero-order valence-electron chi connectivity index (χ0n) is 31.1. The van der Waals surface area contributed by atoms with Crippen LogP contribution < -0.4 is 38.5 Å². The van der Waals surface area contributed by atoms with Crippen molar-refractivity contribution in [1.82, 2.24) is 26.2 Å². The Balaban J connectivity index is 1.67. The molecule has 17 heteroatoms. The fourth-order valence-electron chi connectivity index (χ4n) is 6.12. The summed E-state index contributed by atoms with van der Waals surface area (Å²) >= 11 is 0. The van der Waals surface area contributed by atoms with Gasteiger partial charge in [-0.2, -0.15) is 0 Å². The number of hydrogen-bond acceptors (Lipinski definition) is 10. The standard InChI is InChI=1S/C37H55BN8O8/c1-3-4-8-24-11-13-25(14-12-24)26-15-17-27(18-16-26)33(49)44-29(9-5-6-21-39)36(52)46-22-7-10-30(46)35(51)42-23(2)32(48)43-28(19-20-31(40)47)34(50)45-37(41)38(53)54/h11-18,23,28-30,37,53-54H,3-10,19-22,39,41H2,1-2H3,(H2,40,47)(H,42,51)(H,43,48)(H,44,49)(H,45,50)/t23-,28-,29-,30-,37+/m0/s1. The second-order valence-electron chi connectivity index (χ2n) is 13.6. The van der Waals surface area contributed by atoms with E-state index in [9.17, 15) is 38.8 Å². The molecule has 6 amide bonds. The van der Waals surface area contributed by atoms with Gasteiger partial charge in [0, 0.05) is 18.5 Å². The van der Waals surface area contributed by atoms with Crippen LogP contribution in [0.5, 0.6) is 0 Å². The minimum absolute atomic E-state index is 0.221. The third-order valence-corrected chi connectivity index (χ3v) is 9.34. The number of nitrogens with two attached hydrogens (primary N) is 3. The fraction of sp³-hybridized carbons (Fsp3) is 0.514. The molecule has 0 aromatic heterocycles. The lowest BCUT2D eigenvalue weighted by atomic mass is 9.86. The molecule has 2 aromatic rings. The Bertz CT molecular complexity index is 1580. The van der Waals surface area contributed by atoms with E-state index in [0.29, 0.717) is 44.2 Å². The van der Waals surface area contributed by atoms with Gasteiger partial charge in [0.2, 0.25) is 29.5 Å². The minimum Gasteiger partial charge on any atom is -0.425 e. The summed E-state index contributed by atoms with van der Waals surface area (Å²) in [6.45, 7) is 4.21. The van der Waals surface area contributed by atoms with Crippen LogP contribution in [0.3, 0.4) is 0 Å². The van der Waals surface area contributed by atoms with Crippen molar-refractivity contribution in [3.8, 4) is 11.1 Å². The number of carbonyl (C=O) groups excluding carboxylic acids is 6. The summed E-state index contributed by atoms with van der Waals surface area (Å²) in [6.07, 6.45) is 5.12. The Morgan fingerprint density at radius 3 is 2.09 bits per heavy atom. The molecular formula is C37H55BN8O8. The molecule has 5 atom stereocenters. The molecule has 0 saturated carbocycles. The van der Waals surface area contributed by atoms with E-state index in [1.165, 1.54) is 17.4 Å². The van der Waals surface area contributed by atoms with E-state index in [1.807, 2.05) is 12.1 Å². The molecule has 0 radical (unpaired) electrons. The van der Waals surface area contributed by atoms with Crippen LogP contribution in [0.15, 0.2) is 48.5 Å². The second-order valence-corrected chi connectivity index (χ2v) is 13.6. The third-order valence-electron chi connectivity index (χ3n) is 9.34. The van der Waals surface area contributed by atoms with Crippen LogP contribution in [-0.2, 0) is 30.4 Å². The molecule has 1 heterocycles. The lowest BCUT2D eigenvalue weighted by molar-refractivity contribution is -0.141. The van der Waals surface area contributed by atoms with E-state index >= 15 is 0 Å². The second kappa shape index (κ2) is 21.8. The van der Waals surface area contributed by atoms with Crippen molar-refractivity contribution >= 4 is 42.6 Å². The number of nitrogens with one attached hydrogen (secondary N) is 4. The maximum absolute atomic E-state index is 13.9. The molecule has 0 unspecified atom stereocenters. The molecule has 1 saturated heterocycles. The molecule has 2 aromatic carbocycles. The van der Waals surface area contributed by atoms with Gasteiger partial charge in [-0.3, -0.25) is 28.8 Å². The Morgan fingerprint density at radius 2 is 1.50 bits per heavy atom. The number of primary amides is 1. The van der Waals surface area contributed by atoms with Gasteiger partial charge in [0.15, 0.2) is 0 Å². The Morgan fingerprint density at radius 1 is 0.852 bits per heavy atom. The zero-order valence-corrected chi connectivity index (χ0v) is 31.1. The molecular weight excluding hydrogens is 695 g/mol. The molecule has 1 aliphatic rings. The summed E-state index contributed by atoms with van der Waals surface area (Å²) in [6, 6.07) is 9.55. The van der Waals surface area contributed by atoms with Gasteiger partial charge in [0.1, 0.15) is 30.2 Å². The maximum atomic E-state index is 13.9. The minimum atomic E-state index is -2.08. The molecule has 294 valence electrons. The number of aryl methyl sites for hydroxylation is 1. The van der Waals surface area contributed by atoms with Gasteiger partial charge in [-0.1, -0.05) is 49.7 Å². The average Bonchev–Trinajstić information content (AvgIpc) is 3.65. The van der Waals surface area contributed by atoms with E-state index < -0.39 is 72.8 Å². The number of unbranched alkanes of at least 4 members (excludes halogenated alkanes) is 2. The summed E-state index contributed by atoms with van der Waals surface area (Å²) in [5.41, 5.74) is 20.0. The first-order valence-electron chi connectivity index (χ1n) is 18.6. The van der Waals surface area contributed by atoms with E-state index in [1.54, 1.807) is 12.1 Å². The molecule has 0 bridgehead atoms. The van der Waals surface area contributed by atoms with Crippen LogP contribution in [0.4, 0.5) is 0 Å². The van der Waals surface area contributed by atoms with Gasteiger partial charge in [-0.05, 0) is 93.7 Å². The van der Waals surface area contributed by atoms with E-state index in [0.717, 1.165) is 30.4 Å². The van der Waals surface area contributed by atoms with Crippen LogP contribution in [0, 0.1) is 0 Å². The van der Waals surface area contributed by atoms with E-state index in [4.69, 9.17) is 17.2 Å². The lowest BCUT2D eigenvalue weighted by Gasteiger charge is -2.29. The highest BCUT2D eigenvalue weighted by Crippen LogP contribution is 2.23. The quantitative estimate of drug-likeness (QED) is 0.0452. The van der Waals surface area contributed by atoms with Crippen LogP contribution >= 0.6 is 0 Å². The normalized spacial score (nSPS) is 16.0. The Labute approximate surface area is 316 Å². The smallest absolute Gasteiger partial charge is 0.425 e. The first-order valence-corrected chi connectivity index (χ1v) is 18.6. The predicted octanol–water partition coefficient (Wildman–Crippen LogP) is -0.417. The van der Waals surface area contributed by atoms with Crippen LogP contribution in [-0.4, -0.2) is 101 Å². The van der Waals surface area contributed by atoms with Crippen molar-refractivity contribution in [3.05, 3.63) is 59.7 Å². The van der Waals surface area contributed by atoms with Crippen molar-refractivity contribution in [2.24, 2.45) is 17.2 Å². The topological polar surface area (TPSA) is 272 Å². The van der Waals surface area contributed by atoms with Gasteiger partial charge in [0.05, 0.1) is 0 Å². The highest BCUT2D eigenvalue weighted by Gasteiger charge is 2.38. The number of rotatable bonds is 21. The molecule has 54 heavy (non-hydrogen) atoms. The van der Waals surface area contributed by atoms with Gasteiger partial charge in [0.25, 0.3) is 5.91 Å². The molecule has 0 spiro atoms.